The third-order valence-electron chi connectivity index (χ3n) is 5.30. The zero-order chi connectivity index (χ0) is 18.1. The summed E-state index contributed by atoms with van der Waals surface area (Å²) in [5, 5.41) is 10.6. The minimum absolute atomic E-state index is 0.171. The molecule has 2 aromatic carbocycles. The van der Waals surface area contributed by atoms with Crippen molar-refractivity contribution in [3.63, 3.8) is 0 Å². The van der Waals surface area contributed by atoms with Crippen LogP contribution < -0.4 is 9.64 Å². The maximum absolute atomic E-state index is 13.9. The molecule has 0 bridgehead atoms. The van der Waals surface area contributed by atoms with Gasteiger partial charge in [0.05, 0.1) is 11.8 Å². The van der Waals surface area contributed by atoms with Gasteiger partial charge in [0, 0.05) is 39.1 Å². The number of piperazine rings is 1. The van der Waals surface area contributed by atoms with Crippen LogP contribution in [0, 0.1) is 5.82 Å². The molecule has 1 fully saturated rings. The van der Waals surface area contributed by atoms with Crippen molar-refractivity contribution in [1.29, 1.82) is 0 Å². The van der Waals surface area contributed by atoms with Crippen LogP contribution in [0.4, 0.5) is 10.1 Å². The summed E-state index contributed by atoms with van der Waals surface area (Å²) in [6, 6.07) is 12.9. The smallest absolute Gasteiger partial charge is 0.146 e. The van der Waals surface area contributed by atoms with Crippen LogP contribution in [0.1, 0.15) is 24.2 Å². The SMILES string of the molecule is CC1Cc2cc(C(O)CN3CCN(c4ccccc4F)CC3)ccc2O1. The largest absolute Gasteiger partial charge is 0.490 e. The maximum atomic E-state index is 13.9. The van der Waals surface area contributed by atoms with Crippen LogP contribution in [0.15, 0.2) is 42.5 Å². The van der Waals surface area contributed by atoms with Crippen LogP contribution in [0.5, 0.6) is 5.75 Å². The number of benzene rings is 2. The topological polar surface area (TPSA) is 35.9 Å². The van der Waals surface area contributed by atoms with Gasteiger partial charge in [0.2, 0.25) is 0 Å². The molecule has 2 atom stereocenters. The quantitative estimate of drug-likeness (QED) is 0.914. The molecule has 1 saturated heterocycles. The lowest BCUT2D eigenvalue weighted by Gasteiger charge is -2.37. The van der Waals surface area contributed by atoms with Crippen molar-refractivity contribution in [1.82, 2.24) is 4.90 Å². The lowest BCUT2D eigenvalue weighted by atomic mass is 10.0. The first-order valence-corrected chi connectivity index (χ1v) is 9.29. The Bertz CT molecular complexity index is 774. The van der Waals surface area contributed by atoms with Crippen molar-refractivity contribution in [2.45, 2.75) is 25.6 Å². The van der Waals surface area contributed by atoms with Crippen LogP contribution in [0.3, 0.4) is 0 Å². The highest BCUT2D eigenvalue weighted by molar-refractivity contribution is 5.48. The van der Waals surface area contributed by atoms with Gasteiger partial charge in [-0.05, 0) is 42.3 Å². The number of aliphatic hydroxyl groups excluding tert-OH is 1. The molecule has 26 heavy (non-hydrogen) atoms. The van der Waals surface area contributed by atoms with Gasteiger partial charge >= 0.3 is 0 Å². The van der Waals surface area contributed by atoms with Crippen LogP contribution in [0.2, 0.25) is 0 Å². The average Bonchev–Trinajstić information content (AvgIpc) is 3.02. The molecule has 2 heterocycles. The second-order valence-corrected chi connectivity index (χ2v) is 7.25. The molecular weight excluding hydrogens is 331 g/mol. The van der Waals surface area contributed by atoms with Crippen LogP contribution >= 0.6 is 0 Å². The number of ether oxygens (including phenoxy) is 1. The predicted molar refractivity (Wildman–Crippen MR) is 100 cm³/mol. The van der Waals surface area contributed by atoms with E-state index in [1.807, 2.05) is 24.3 Å². The van der Waals surface area contributed by atoms with Crippen molar-refractivity contribution in [2.75, 3.05) is 37.6 Å². The highest BCUT2D eigenvalue weighted by Crippen LogP contribution is 2.31. The molecule has 5 heteroatoms. The van der Waals surface area contributed by atoms with Gasteiger partial charge in [-0.3, -0.25) is 4.90 Å². The Hall–Kier alpha value is -2.11. The first kappa shape index (κ1) is 17.3. The Balaban J connectivity index is 1.34. The fourth-order valence-electron chi connectivity index (χ4n) is 3.88. The normalized spacial score (nSPS) is 21.3. The Morgan fingerprint density at radius 1 is 1.15 bits per heavy atom. The number of anilines is 1. The molecule has 0 aliphatic carbocycles. The molecule has 0 saturated carbocycles. The first-order chi connectivity index (χ1) is 12.6. The number of aliphatic hydroxyl groups is 1. The van der Waals surface area contributed by atoms with E-state index < -0.39 is 6.10 Å². The van der Waals surface area contributed by atoms with Crippen molar-refractivity contribution in [3.8, 4) is 5.75 Å². The monoisotopic (exact) mass is 356 g/mol. The van der Waals surface area contributed by atoms with E-state index >= 15 is 0 Å². The van der Waals surface area contributed by atoms with Gasteiger partial charge in [-0.1, -0.05) is 18.2 Å². The predicted octanol–water partition coefficient (Wildman–Crippen LogP) is 3.00. The van der Waals surface area contributed by atoms with Gasteiger partial charge in [0.1, 0.15) is 17.7 Å². The lowest BCUT2D eigenvalue weighted by molar-refractivity contribution is 0.109. The average molecular weight is 356 g/mol. The van der Waals surface area contributed by atoms with Crippen LogP contribution in [0.25, 0.3) is 0 Å². The Morgan fingerprint density at radius 2 is 1.92 bits per heavy atom. The van der Waals surface area contributed by atoms with Gasteiger partial charge in [0.25, 0.3) is 0 Å². The third-order valence-corrected chi connectivity index (χ3v) is 5.30. The number of rotatable bonds is 4. The zero-order valence-electron chi connectivity index (χ0n) is 15.1. The molecule has 2 aliphatic rings. The van der Waals surface area contributed by atoms with Gasteiger partial charge < -0.3 is 14.7 Å². The molecule has 4 rings (SSSR count). The summed E-state index contributed by atoms with van der Waals surface area (Å²) in [4.78, 5) is 4.32. The molecule has 2 aromatic rings. The minimum atomic E-state index is -0.517. The summed E-state index contributed by atoms with van der Waals surface area (Å²) in [5.74, 6) is 0.766. The van der Waals surface area contributed by atoms with E-state index in [1.54, 1.807) is 6.07 Å². The van der Waals surface area contributed by atoms with Crippen molar-refractivity contribution >= 4 is 5.69 Å². The standard InChI is InChI=1S/C21H25FN2O2/c1-15-12-17-13-16(6-7-21(17)26-15)20(25)14-23-8-10-24(11-9-23)19-5-3-2-4-18(19)22/h2-7,13,15,20,25H,8-12,14H2,1H3. The highest BCUT2D eigenvalue weighted by Gasteiger charge is 2.24. The summed E-state index contributed by atoms with van der Waals surface area (Å²) in [5.41, 5.74) is 2.79. The summed E-state index contributed by atoms with van der Waals surface area (Å²) in [6.45, 7) is 5.82. The van der Waals surface area contributed by atoms with Crippen LogP contribution in [-0.2, 0) is 6.42 Å². The number of nitrogens with zero attached hydrogens (tertiary/aromatic N) is 2. The van der Waals surface area contributed by atoms with E-state index in [-0.39, 0.29) is 11.9 Å². The molecule has 0 amide bonds. The van der Waals surface area contributed by atoms with E-state index in [1.165, 1.54) is 11.6 Å². The summed E-state index contributed by atoms with van der Waals surface area (Å²) >= 11 is 0. The van der Waals surface area contributed by atoms with Gasteiger partial charge in [-0.2, -0.15) is 0 Å². The minimum Gasteiger partial charge on any atom is -0.490 e. The number of halogens is 1. The van der Waals surface area contributed by atoms with Crippen molar-refractivity contribution in [3.05, 3.63) is 59.4 Å². The van der Waals surface area contributed by atoms with E-state index in [0.29, 0.717) is 12.2 Å². The molecule has 1 N–H and O–H groups in total. The molecule has 2 aliphatic heterocycles. The van der Waals surface area contributed by atoms with E-state index in [0.717, 1.165) is 43.9 Å². The molecular formula is C21H25FN2O2. The Kier molecular flexibility index (Phi) is 4.83. The Labute approximate surface area is 153 Å². The van der Waals surface area contributed by atoms with E-state index in [9.17, 15) is 9.50 Å². The van der Waals surface area contributed by atoms with Gasteiger partial charge in [0.15, 0.2) is 0 Å². The zero-order valence-corrected chi connectivity index (χ0v) is 15.1. The maximum Gasteiger partial charge on any atom is 0.146 e. The van der Waals surface area contributed by atoms with Crippen molar-refractivity contribution < 1.29 is 14.2 Å². The fraction of sp³-hybridized carbons (Fsp3) is 0.429. The van der Waals surface area contributed by atoms with Crippen molar-refractivity contribution in [2.24, 2.45) is 0 Å². The number of fused-ring (bicyclic) bond motifs is 1. The van der Waals surface area contributed by atoms with E-state index in [4.69, 9.17) is 4.74 Å². The molecule has 0 spiro atoms. The molecule has 0 radical (unpaired) electrons. The second kappa shape index (κ2) is 7.25. The van der Waals surface area contributed by atoms with Gasteiger partial charge in [-0.15, -0.1) is 0 Å². The highest BCUT2D eigenvalue weighted by atomic mass is 19.1. The van der Waals surface area contributed by atoms with Crippen LogP contribution in [-0.4, -0.2) is 48.8 Å². The van der Waals surface area contributed by atoms with E-state index in [2.05, 4.69) is 22.8 Å². The number of para-hydroxylation sites is 1. The molecule has 2 unspecified atom stereocenters. The molecule has 0 aromatic heterocycles. The molecule has 4 nitrogen and oxygen atoms in total. The third kappa shape index (κ3) is 3.55. The number of hydrogen-bond donors (Lipinski definition) is 1. The summed E-state index contributed by atoms with van der Waals surface area (Å²) < 4.78 is 19.7. The first-order valence-electron chi connectivity index (χ1n) is 9.29. The Morgan fingerprint density at radius 3 is 2.69 bits per heavy atom. The summed E-state index contributed by atoms with van der Waals surface area (Å²) in [6.07, 6.45) is 0.595. The lowest BCUT2D eigenvalue weighted by Crippen LogP contribution is -2.47. The number of β-amino-alcohol motifs (C(OH)–C–C–N with tert-alkyl or cyclic N) is 1. The second-order valence-electron chi connectivity index (χ2n) is 7.25. The summed E-state index contributed by atoms with van der Waals surface area (Å²) in [7, 11) is 0. The fourth-order valence-corrected chi connectivity index (χ4v) is 3.88. The molecule has 138 valence electrons. The number of hydrogen-bond acceptors (Lipinski definition) is 4. The van der Waals surface area contributed by atoms with Gasteiger partial charge in [-0.25, -0.2) is 4.39 Å².